The number of hydrogen-bond acceptors (Lipinski definition) is 9. The molecule has 5 rings (SSSR count). The number of aryl methyl sites for hydroxylation is 1. The van der Waals surface area contributed by atoms with E-state index in [1.165, 1.54) is 0 Å². The Morgan fingerprint density at radius 2 is 1.89 bits per heavy atom. The van der Waals surface area contributed by atoms with Crippen molar-refractivity contribution in [3.63, 3.8) is 0 Å². The molecule has 9 heteroatoms. The van der Waals surface area contributed by atoms with E-state index in [-0.39, 0.29) is 12.0 Å². The molecule has 0 aliphatic carbocycles. The van der Waals surface area contributed by atoms with E-state index in [0.29, 0.717) is 28.7 Å². The maximum absolute atomic E-state index is 9.46. The molecule has 0 radical (unpaired) electrons. The van der Waals surface area contributed by atoms with Crippen molar-refractivity contribution in [3.05, 3.63) is 60.2 Å². The summed E-state index contributed by atoms with van der Waals surface area (Å²) < 4.78 is 11.9. The van der Waals surface area contributed by atoms with E-state index in [2.05, 4.69) is 31.6 Å². The Hall–Kier alpha value is -4.16. The van der Waals surface area contributed by atoms with E-state index >= 15 is 0 Å². The van der Waals surface area contributed by atoms with Crippen LogP contribution in [0.25, 0.3) is 34.3 Å². The summed E-state index contributed by atoms with van der Waals surface area (Å²) in [6, 6.07) is 13.6. The molecular formula is C26H25N7O2. The van der Waals surface area contributed by atoms with Crippen LogP contribution in [-0.4, -0.2) is 44.3 Å². The highest BCUT2D eigenvalue weighted by molar-refractivity contribution is 5.64. The predicted molar refractivity (Wildman–Crippen MR) is 129 cm³/mol. The van der Waals surface area contributed by atoms with Crippen LogP contribution in [0.2, 0.25) is 0 Å². The van der Waals surface area contributed by atoms with Gasteiger partial charge in [0.1, 0.15) is 17.5 Å². The normalized spacial score (nSPS) is 15.7. The van der Waals surface area contributed by atoms with Crippen molar-refractivity contribution >= 4 is 0 Å². The standard InChI is InChI=1S/C26H25N7O2/c1-16-23(31-21(14-30-16)18-8-11-29-22(12-18)26(2,3)15-27)25-33-32-24(35-25)17-4-6-19(7-5-17)34-20-9-10-28-13-20/h4-8,11-12,14,20,28H,9-10,13H2,1-3H3/t20-/m1/s1. The molecule has 0 saturated carbocycles. The molecule has 176 valence electrons. The summed E-state index contributed by atoms with van der Waals surface area (Å²) in [5, 5.41) is 21.2. The summed E-state index contributed by atoms with van der Waals surface area (Å²) in [5.41, 5.74) is 3.35. The summed E-state index contributed by atoms with van der Waals surface area (Å²) >= 11 is 0. The summed E-state index contributed by atoms with van der Waals surface area (Å²) in [6.07, 6.45) is 4.57. The minimum Gasteiger partial charge on any atom is -0.489 e. The first-order valence-corrected chi connectivity index (χ1v) is 11.5. The number of pyridine rings is 1. The van der Waals surface area contributed by atoms with Gasteiger partial charge in [-0.05, 0) is 70.1 Å². The minimum absolute atomic E-state index is 0.201. The molecule has 9 nitrogen and oxygen atoms in total. The van der Waals surface area contributed by atoms with Gasteiger partial charge in [0.25, 0.3) is 5.89 Å². The highest BCUT2D eigenvalue weighted by atomic mass is 16.5. The SMILES string of the molecule is Cc1ncc(-c2ccnc(C(C)(C)C#N)c2)nc1-c1nnc(-c2ccc(O[C@@H]3CCNC3)cc2)o1. The van der Waals surface area contributed by atoms with Gasteiger partial charge in [-0.1, -0.05) is 0 Å². The van der Waals surface area contributed by atoms with Gasteiger partial charge < -0.3 is 14.5 Å². The number of nitriles is 1. The Kier molecular flexibility index (Phi) is 5.97. The van der Waals surface area contributed by atoms with Gasteiger partial charge in [-0.25, -0.2) is 4.98 Å². The molecule has 3 aromatic heterocycles. The fourth-order valence-corrected chi connectivity index (χ4v) is 3.81. The number of ether oxygens (including phenoxy) is 1. The first-order chi connectivity index (χ1) is 16.9. The second-order valence-corrected chi connectivity index (χ2v) is 9.03. The molecule has 4 aromatic rings. The summed E-state index contributed by atoms with van der Waals surface area (Å²) in [4.78, 5) is 13.6. The summed E-state index contributed by atoms with van der Waals surface area (Å²) in [7, 11) is 0. The molecule has 4 heterocycles. The van der Waals surface area contributed by atoms with Gasteiger partial charge in [0.15, 0.2) is 0 Å². The van der Waals surface area contributed by atoms with E-state index in [1.54, 1.807) is 12.4 Å². The fourth-order valence-electron chi connectivity index (χ4n) is 3.81. The number of nitrogens with zero attached hydrogens (tertiary/aromatic N) is 6. The molecular weight excluding hydrogens is 442 g/mol. The summed E-state index contributed by atoms with van der Waals surface area (Å²) in [5.74, 6) is 1.49. The van der Waals surface area contributed by atoms with E-state index in [1.807, 2.05) is 57.2 Å². The topological polar surface area (TPSA) is 123 Å². The summed E-state index contributed by atoms with van der Waals surface area (Å²) in [6.45, 7) is 7.35. The van der Waals surface area contributed by atoms with Crippen LogP contribution in [-0.2, 0) is 5.41 Å². The van der Waals surface area contributed by atoms with Crippen LogP contribution in [0.1, 0.15) is 31.7 Å². The quantitative estimate of drug-likeness (QED) is 0.446. The highest BCUT2D eigenvalue weighted by Gasteiger charge is 2.23. The van der Waals surface area contributed by atoms with Crippen molar-refractivity contribution in [1.29, 1.82) is 5.26 Å². The molecule has 1 fully saturated rings. The molecule has 35 heavy (non-hydrogen) atoms. The van der Waals surface area contributed by atoms with Gasteiger partial charge in [0.2, 0.25) is 5.89 Å². The number of nitrogens with one attached hydrogen (secondary N) is 1. The smallest absolute Gasteiger partial charge is 0.268 e. The van der Waals surface area contributed by atoms with Gasteiger partial charge >= 0.3 is 0 Å². The van der Waals surface area contributed by atoms with Gasteiger partial charge in [-0.3, -0.25) is 9.97 Å². The molecule has 0 amide bonds. The lowest BCUT2D eigenvalue weighted by Crippen LogP contribution is -2.19. The number of rotatable bonds is 6. The van der Waals surface area contributed by atoms with Crippen LogP contribution in [0.4, 0.5) is 0 Å². The Labute approximate surface area is 203 Å². The number of benzene rings is 1. The zero-order valence-corrected chi connectivity index (χ0v) is 19.8. The first kappa shape index (κ1) is 22.6. The highest BCUT2D eigenvalue weighted by Crippen LogP contribution is 2.29. The largest absolute Gasteiger partial charge is 0.489 e. The fraction of sp³-hybridized carbons (Fsp3) is 0.308. The van der Waals surface area contributed by atoms with Crippen LogP contribution >= 0.6 is 0 Å². The third-order valence-corrected chi connectivity index (χ3v) is 5.98. The Balaban J connectivity index is 1.40. The average Bonchev–Trinajstić information content (AvgIpc) is 3.58. The Morgan fingerprint density at radius 1 is 1.09 bits per heavy atom. The maximum atomic E-state index is 9.46. The van der Waals surface area contributed by atoms with Gasteiger partial charge in [-0.2, -0.15) is 5.26 Å². The van der Waals surface area contributed by atoms with Crippen molar-refractivity contribution < 1.29 is 9.15 Å². The third kappa shape index (κ3) is 4.74. The van der Waals surface area contributed by atoms with Crippen LogP contribution in [0, 0.1) is 18.3 Å². The first-order valence-electron chi connectivity index (χ1n) is 11.5. The molecule has 1 aliphatic heterocycles. The molecule has 1 aromatic carbocycles. The van der Waals surface area contributed by atoms with Crippen molar-refractivity contribution in [2.45, 2.75) is 38.7 Å². The average molecular weight is 468 g/mol. The predicted octanol–water partition coefficient (Wildman–Crippen LogP) is 4.11. The molecule has 1 aliphatic rings. The molecule has 1 atom stereocenters. The van der Waals surface area contributed by atoms with Crippen LogP contribution in [0.15, 0.2) is 53.2 Å². The third-order valence-electron chi connectivity index (χ3n) is 5.98. The zero-order chi connectivity index (χ0) is 24.4. The van der Waals surface area contributed by atoms with Gasteiger partial charge in [-0.15, -0.1) is 10.2 Å². The van der Waals surface area contributed by atoms with Crippen LogP contribution in [0.3, 0.4) is 0 Å². The molecule has 0 bridgehead atoms. The zero-order valence-electron chi connectivity index (χ0n) is 19.8. The number of hydrogen-bond donors (Lipinski definition) is 1. The van der Waals surface area contributed by atoms with Crippen LogP contribution in [0.5, 0.6) is 5.75 Å². The molecule has 1 N–H and O–H groups in total. The molecule has 0 spiro atoms. The van der Waals surface area contributed by atoms with E-state index in [0.717, 1.165) is 36.4 Å². The Bertz CT molecular complexity index is 1380. The van der Waals surface area contributed by atoms with E-state index in [9.17, 15) is 5.26 Å². The lowest BCUT2D eigenvalue weighted by Gasteiger charge is -2.15. The van der Waals surface area contributed by atoms with E-state index < -0.39 is 5.41 Å². The number of aromatic nitrogens is 5. The second-order valence-electron chi connectivity index (χ2n) is 9.03. The molecule has 0 unspecified atom stereocenters. The van der Waals surface area contributed by atoms with Gasteiger partial charge in [0, 0.05) is 23.9 Å². The molecule has 1 saturated heterocycles. The monoisotopic (exact) mass is 467 g/mol. The second kappa shape index (κ2) is 9.24. The Morgan fingerprint density at radius 3 is 2.63 bits per heavy atom. The maximum Gasteiger partial charge on any atom is 0.268 e. The van der Waals surface area contributed by atoms with Crippen LogP contribution < -0.4 is 10.1 Å². The lowest BCUT2D eigenvalue weighted by atomic mass is 9.90. The van der Waals surface area contributed by atoms with Crippen molar-refractivity contribution in [2.75, 3.05) is 13.1 Å². The van der Waals surface area contributed by atoms with Gasteiger partial charge in [0.05, 0.1) is 34.8 Å². The van der Waals surface area contributed by atoms with Crippen molar-refractivity contribution in [3.8, 4) is 46.1 Å². The lowest BCUT2D eigenvalue weighted by molar-refractivity contribution is 0.223. The van der Waals surface area contributed by atoms with Crippen molar-refractivity contribution in [2.24, 2.45) is 0 Å². The minimum atomic E-state index is -0.715. The van der Waals surface area contributed by atoms with Crippen molar-refractivity contribution in [1.82, 2.24) is 30.5 Å². The van der Waals surface area contributed by atoms with E-state index in [4.69, 9.17) is 14.1 Å².